The molecular weight excluding hydrogens is 196 g/mol. The topological polar surface area (TPSA) is 25.8 Å². The molecule has 0 amide bonds. The van der Waals surface area contributed by atoms with Crippen LogP contribution in [0.2, 0.25) is 0 Å². The lowest BCUT2D eigenvalue weighted by Crippen LogP contribution is -1.99. The molecule has 2 heteroatoms. The molecule has 16 heavy (non-hydrogen) atoms. The summed E-state index contributed by atoms with van der Waals surface area (Å²) in [6.07, 6.45) is 0. The summed E-state index contributed by atoms with van der Waals surface area (Å²) in [7, 11) is 0. The maximum atomic E-state index is 4.68. The number of benzene rings is 1. The Kier molecular flexibility index (Phi) is 2.66. The van der Waals surface area contributed by atoms with Crippen LogP contribution >= 0.6 is 0 Å². The van der Waals surface area contributed by atoms with Crippen LogP contribution in [-0.2, 0) is 0 Å². The van der Waals surface area contributed by atoms with Crippen LogP contribution in [0.5, 0.6) is 0 Å². The Bertz CT molecular complexity index is 542. The standard InChI is InChI=1S/C14H18N2/c1-8(2)12-6-9(3)7-13-14(12)16-11(5)10(4)15-13/h6-8H,1-5H3. The molecule has 0 spiro atoms. The van der Waals surface area contributed by atoms with Gasteiger partial charge in [-0.2, -0.15) is 0 Å². The number of fused-ring (bicyclic) bond motifs is 1. The van der Waals surface area contributed by atoms with E-state index in [1.807, 2.05) is 13.8 Å². The van der Waals surface area contributed by atoms with Crippen molar-refractivity contribution in [2.45, 2.75) is 40.5 Å². The molecule has 1 heterocycles. The van der Waals surface area contributed by atoms with Gasteiger partial charge in [-0.3, -0.25) is 0 Å². The summed E-state index contributed by atoms with van der Waals surface area (Å²) in [4.78, 5) is 9.29. The quantitative estimate of drug-likeness (QED) is 0.723. The van der Waals surface area contributed by atoms with Crippen molar-refractivity contribution in [1.82, 2.24) is 9.97 Å². The first-order valence-corrected chi connectivity index (χ1v) is 5.74. The van der Waals surface area contributed by atoms with Gasteiger partial charge in [-0.05, 0) is 43.9 Å². The van der Waals surface area contributed by atoms with Crippen LogP contribution < -0.4 is 0 Å². The minimum atomic E-state index is 0.485. The van der Waals surface area contributed by atoms with Crippen molar-refractivity contribution in [2.75, 3.05) is 0 Å². The predicted octanol–water partition coefficient (Wildman–Crippen LogP) is 3.68. The molecule has 0 bridgehead atoms. The second kappa shape index (κ2) is 3.85. The highest BCUT2D eigenvalue weighted by Gasteiger charge is 2.10. The van der Waals surface area contributed by atoms with Crippen molar-refractivity contribution in [3.8, 4) is 0 Å². The van der Waals surface area contributed by atoms with Crippen molar-refractivity contribution >= 4 is 11.0 Å². The molecule has 1 aromatic carbocycles. The lowest BCUT2D eigenvalue weighted by atomic mass is 9.99. The Morgan fingerprint density at radius 1 is 0.938 bits per heavy atom. The summed E-state index contributed by atoms with van der Waals surface area (Å²) in [5, 5.41) is 0. The summed E-state index contributed by atoms with van der Waals surface area (Å²) in [5.74, 6) is 0.485. The zero-order chi connectivity index (χ0) is 11.9. The molecule has 0 aliphatic rings. The van der Waals surface area contributed by atoms with Gasteiger partial charge in [0.05, 0.1) is 22.4 Å². The predicted molar refractivity (Wildman–Crippen MR) is 67.8 cm³/mol. The maximum absolute atomic E-state index is 4.68. The van der Waals surface area contributed by atoms with Gasteiger partial charge in [-0.15, -0.1) is 0 Å². The minimum Gasteiger partial charge on any atom is -0.250 e. The van der Waals surface area contributed by atoms with Crippen LogP contribution in [0.1, 0.15) is 42.3 Å². The second-order valence-corrected chi connectivity index (χ2v) is 4.77. The van der Waals surface area contributed by atoms with Gasteiger partial charge in [0.25, 0.3) is 0 Å². The molecule has 0 unspecified atom stereocenters. The summed E-state index contributed by atoms with van der Waals surface area (Å²) in [5.41, 5.74) is 6.68. The Balaban J connectivity index is 2.85. The third-order valence-corrected chi connectivity index (χ3v) is 2.98. The molecule has 2 rings (SSSR count). The van der Waals surface area contributed by atoms with Gasteiger partial charge in [-0.1, -0.05) is 19.9 Å². The van der Waals surface area contributed by atoms with Crippen molar-refractivity contribution in [3.05, 3.63) is 34.6 Å². The zero-order valence-corrected chi connectivity index (χ0v) is 10.6. The van der Waals surface area contributed by atoms with Crippen molar-refractivity contribution in [2.24, 2.45) is 0 Å². The lowest BCUT2D eigenvalue weighted by Gasteiger charge is -2.11. The number of nitrogens with zero attached hydrogens (tertiary/aromatic N) is 2. The molecule has 0 fully saturated rings. The molecule has 0 aliphatic carbocycles. The van der Waals surface area contributed by atoms with Gasteiger partial charge in [0.2, 0.25) is 0 Å². The van der Waals surface area contributed by atoms with Crippen LogP contribution in [0.4, 0.5) is 0 Å². The minimum absolute atomic E-state index is 0.485. The normalized spacial score (nSPS) is 11.4. The Morgan fingerprint density at radius 3 is 2.19 bits per heavy atom. The van der Waals surface area contributed by atoms with E-state index in [2.05, 4.69) is 42.9 Å². The van der Waals surface area contributed by atoms with Crippen LogP contribution in [0.15, 0.2) is 12.1 Å². The summed E-state index contributed by atoms with van der Waals surface area (Å²) < 4.78 is 0. The number of hydrogen-bond acceptors (Lipinski definition) is 2. The van der Waals surface area contributed by atoms with E-state index in [0.29, 0.717) is 5.92 Å². The lowest BCUT2D eigenvalue weighted by molar-refractivity contribution is 0.868. The smallest absolute Gasteiger partial charge is 0.0924 e. The highest BCUT2D eigenvalue weighted by Crippen LogP contribution is 2.25. The molecule has 0 atom stereocenters. The monoisotopic (exact) mass is 214 g/mol. The fourth-order valence-electron chi connectivity index (χ4n) is 1.94. The molecule has 1 aromatic heterocycles. The van der Waals surface area contributed by atoms with Gasteiger partial charge < -0.3 is 0 Å². The van der Waals surface area contributed by atoms with E-state index >= 15 is 0 Å². The Labute approximate surface area is 96.7 Å². The van der Waals surface area contributed by atoms with Crippen LogP contribution in [0.25, 0.3) is 11.0 Å². The fraction of sp³-hybridized carbons (Fsp3) is 0.429. The van der Waals surface area contributed by atoms with Gasteiger partial charge in [0, 0.05) is 0 Å². The molecule has 0 N–H and O–H groups in total. The maximum Gasteiger partial charge on any atom is 0.0924 e. The van der Waals surface area contributed by atoms with Crippen LogP contribution in [0.3, 0.4) is 0 Å². The van der Waals surface area contributed by atoms with E-state index in [0.717, 1.165) is 22.4 Å². The van der Waals surface area contributed by atoms with E-state index in [9.17, 15) is 0 Å². The van der Waals surface area contributed by atoms with Crippen molar-refractivity contribution in [3.63, 3.8) is 0 Å². The first kappa shape index (κ1) is 11.1. The summed E-state index contributed by atoms with van der Waals surface area (Å²) in [6.45, 7) is 10.5. The van der Waals surface area contributed by atoms with Crippen LogP contribution in [-0.4, -0.2) is 9.97 Å². The molecule has 0 aliphatic heterocycles. The molecule has 0 saturated heterocycles. The second-order valence-electron chi connectivity index (χ2n) is 4.77. The van der Waals surface area contributed by atoms with Crippen molar-refractivity contribution < 1.29 is 0 Å². The number of aromatic nitrogens is 2. The largest absolute Gasteiger partial charge is 0.250 e. The first-order valence-electron chi connectivity index (χ1n) is 5.74. The Hall–Kier alpha value is -1.44. The van der Waals surface area contributed by atoms with Gasteiger partial charge in [-0.25, -0.2) is 9.97 Å². The molecule has 84 valence electrons. The third-order valence-electron chi connectivity index (χ3n) is 2.98. The van der Waals surface area contributed by atoms with E-state index in [-0.39, 0.29) is 0 Å². The average molecular weight is 214 g/mol. The molecule has 0 radical (unpaired) electrons. The van der Waals surface area contributed by atoms with E-state index in [1.165, 1.54) is 11.1 Å². The fourth-order valence-corrected chi connectivity index (χ4v) is 1.94. The zero-order valence-electron chi connectivity index (χ0n) is 10.6. The van der Waals surface area contributed by atoms with Gasteiger partial charge >= 0.3 is 0 Å². The third kappa shape index (κ3) is 1.80. The summed E-state index contributed by atoms with van der Waals surface area (Å²) >= 11 is 0. The molecule has 2 nitrogen and oxygen atoms in total. The van der Waals surface area contributed by atoms with Gasteiger partial charge in [0.15, 0.2) is 0 Å². The molecule has 0 saturated carbocycles. The highest BCUT2D eigenvalue weighted by atomic mass is 14.8. The molecule has 2 aromatic rings. The Morgan fingerprint density at radius 2 is 1.56 bits per heavy atom. The van der Waals surface area contributed by atoms with Crippen LogP contribution in [0, 0.1) is 20.8 Å². The number of hydrogen-bond donors (Lipinski definition) is 0. The highest BCUT2D eigenvalue weighted by molar-refractivity contribution is 5.79. The first-order chi connectivity index (χ1) is 7.49. The SMILES string of the molecule is Cc1cc(C(C)C)c2nc(C)c(C)nc2c1. The van der Waals surface area contributed by atoms with E-state index in [4.69, 9.17) is 0 Å². The average Bonchev–Trinajstić information content (AvgIpc) is 2.19. The van der Waals surface area contributed by atoms with Gasteiger partial charge in [0.1, 0.15) is 0 Å². The van der Waals surface area contributed by atoms with E-state index in [1.54, 1.807) is 0 Å². The molecular formula is C14H18N2. The number of aryl methyl sites for hydroxylation is 3. The summed E-state index contributed by atoms with van der Waals surface area (Å²) in [6, 6.07) is 4.33. The van der Waals surface area contributed by atoms with E-state index < -0.39 is 0 Å². The number of rotatable bonds is 1. The van der Waals surface area contributed by atoms with Crippen molar-refractivity contribution in [1.29, 1.82) is 0 Å².